The van der Waals surface area contributed by atoms with E-state index >= 15 is 0 Å². The van der Waals surface area contributed by atoms with E-state index in [1.54, 1.807) is 42.5 Å². The van der Waals surface area contributed by atoms with Gasteiger partial charge in [0.05, 0.1) is 13.7 Å². The van der Waals surface area contributed by atoms with Crippen molar-refractivity contribution in [3.8, 4) is 5.75 Å². The van der Waals surface area contributed by atoms with Gasteiger partial charge in [-0.25, -0.2) is 4.21 Å². The molecule has 29 heavy (non-hydrogen) atoms. The molecule has 2 aromatic carbocycles. The summed E-state index contributed by atoms with van der Waals surface area (Å²) in [6.45, 7) is -0.759. The van der Waals surface area contributed by atoms with Crippen molar-refractivity contribution >= 4 is 10.8 Å². The highest BCUT2D eigenvalue weighted by atomic mass is 32.2. The quantitative estimate of drug-likeness (QED) is 0.420. The van der Waals surface area contributed by atoms with Crippen molar-refractivity contribution in [2.24, 2.45) is 0 Å². The Labute approximate surface area is 170 Å². The van der Waals surface area contributed by atoms with Gasteiger partial charge in [-0.1, -0.05) is 30.3 Å². The lowest BCUT2D eigenvalue weighted by molar-refractivity contribution is -0.349. The predicted molar refractivity (Wildman–Crippen MR) is 103 cm³/mol. The standard InChI is InChI=1S/C20H24O8S/c1-27-14-9-7-13(8-10-14)11-19(24)18(23)17(22)16(12-21)28-20(19,25)29(26)15-5-3-2-4-6-15/h2-10,16-18,21-25H,11-12H2,1H3/t16-,17+,18+,19-,20?,29?/m0/s1. The highest BCUT2D eigenvalue weighted by Crippen LogP contribution is 2.43. The number of aliphatic hydroxyl groups is 5. The average Bonchev–Trinajstić information content (AvgIpc) is 2.75. The maximum absolute atomic E-state index is 13.2. The highest BCUT2D eigenvalue weighted by Gasteiger charge is 2.66. The third-order valence-electron chi connectivity index (χ3n) is 5.07. The smallest absolute Gasteiger partial charge is 0.282 e. The zero-order chi connectivity index (χ0) is 21.2. The summed E-state index contributed by atoms with van der Waals surface area (Å²) in [4.78, 5) is 0.142. The Morgan fingerprint density at radius 3 is 2.24 bits per heavy atom. The van der Waals surface area contributed by atoms with Gasteiger partial charge in [-0.15, -0.1) is 0 Å². The molecule has 1 fully saturated rings. The van der Waals surface area contributed by atoms with Crippen LogP contribution in [0.3, 0.4) is 0 Å². The van der Waals surface area contributed by atoms with Gasteiger partial charge in [-0.05, 0) is 29.8 Å². The minimum Gasteiger partial charge on any atom is -0.497 e. The second kappa shape index (κ2) is 8.49. The molecule has 1 heterocycles. The van der Waals surface area contributed by atoms with Crippen LogP contribution >= 0.6 is 0 Å². The number of aliphatic hydroxyl groups excluding tert-OH is 3. The minimum atomic E-state index is -2.81. The van der Waals surface area contributed by atoms with Crippen LogP contribution in [0.15, 0.2) is 59.5 Å². The van der Waals surface area contributed by atoms with E-state index < -0.39 is 46.4 Å². The van der Waals surface area contributed by atoms with E-state index in [1.807, 2.05) is 0 Å². The summed E-state index contributed by atoms with van der Waals surface area (Å²) < 4.78 is 23.7. The van der Waals surface area contributed by atoms with Crippen LogP contribution in [0.4, 0.5) is 0 Å². The lowest BCUT2D eigenvalue weighted by atomic mass is 9.81. The summed E-state index contributed by atoms with van der Waals surface area (Å²) in [5, 5.41) is 50.3. The Hall–Kier alpha value is -1.85. The van der Waals surface area contributed by atoms with Gasteiger partial charge in [-0.3, -0.25) is 0 Å². The molecular weight excluding hydrogens is 400 g/mol. The molecule has 2 unspecified atom stereocenters. The van der Waals surface area contributed by atoms with Crippen LogP contribution in [-0.4, -0.2) is 72.5 Å². The molecule has 0 spiro atoms. The Morgan fingerprint density at radius 2 is 1.69 bits per heavy atom. The summed E-state index contributed by atoms with van der Waals surface area (Å²) in [6, 6.07) is 14.2. The van der Waals surface area contributed by atoms with E-state index in [4.69, 9.17) is 9.47 Å². The zero-order valence-electron chi connectivity index (χ0n) is 15.7. The molecule has 8 nitrogen and oxygen atoms in total. The van der Waals surface area contributed by atoms with Gasteiger partial charge in [0.1, 0.15) is 34.9 Å². The fraction of sp³-hybridized carbons (Fsp3) is 0.400. The van der Waals surface area contributed by atoms with Crippen molar-refractivity contribution in [1.29, 1.82) is 0 Å². The van der Waals surface area contributed by atoms with E-state index in [-0.39, 0.29) is 11.3 Å². The molecule has 9 heteroatoms. The molecular formula is C20H24O8S. The summed E-state index contributed by atoms with van der Waals surface area (Å²) in [7, 11) is -0.872. The topological polar surface area (TPSA) is 137 Å². The Kier molecular flexibility index (Phi) is 6.39. The number of rotatable bonds is 6. The fourth-order valence-corrected chi connectivity index (χ4v) is 4.82. The maximum Gasteiger partial charge on any atom is 0.282 e. The Bertz CT molecular complexity index is 845. The third kappa shape index (κ3) is 3.82. The van der Waals surface area contributed by atoms with E-state index in [0.717, 1.165) is 0 Å². The van der Waals surface area contributed by atoms with Crippen molar-refractivity contribution in [2.75, 3.05) is 13.7 Å². The maximum atomic E-state index is 13.2. The van der Waals surface area contributed by atoms with Gasteiger partial charge in [-0.2, -0.15) is 0 Å². The van der Waals surface area contributed by atoms with Crippen LogP contribution in [-0.2, 0) is 22.0 Å². The van der Waals surface area contributed by atoms with Crippen molar-refractivity contribution in [3.63, 3.8) is 0 Å². The van der Waals surface area contributed by atoms with Crippen LogP contribution in [0.25, 0.3) is 0 Å². The Morgan fingerprint density at radius 1 is 1.07 bits per heavy atom. The molecule has 3 rings (SSSR count). The van der Waals surface area contributed by atoms with Gasteiger partial charge in [0.2, 0.25) is 0 Å². The van der Waals surface area contributed by atoms with Gasteiger partial charge < -0.3 is 35.0 Å². The van der Waals surface area contributed by atoms with Crippen molar-refractivity contribution in [2.45, 2.75) is 40.3 Å². The molecule has 2 aromatic rings. The first-order valence-electron chi connectivity index (χ1n) is 8.96. The molecule has 0 amide bonds. The first kappa shape index (κ1) is 21.8. The van der Waals surface area contributed by atoms with E-state index in [9.17, 15) is 29.7 Å². The van der Waals surface area contributed by atoms with Crippen LogP contribution < -0.4 is 4.74 Å². The van der Waals surface area contributed by atoms with Gasteiger partial charge in [0.25, 0.3) is 5.12 Å². The molecule has 0 aromatic heterocycles. The molecule has 0 saturated carbocycles. The van der Waals surface area contributed by atoms with Gasteiger partial charge >= 0.3 is 0 Å². The molecule has 0 bridgehead atoms. The van der Waals surface area contributed by atoms with Crippen molar-refractivity contribution < 1.29 is 39.2 Å². The second-order valence-corrected chi connectivity index (χ2v) is 8.45. The summed E-state index contributed by atoms with van der Waals surface area (Å²) in [5.74, 6) is 0.560. The van der Waals surface area contributed by atoms with E-state index in [2.05, 4.69) is 0 Å². The highest BCUT2D eigenvalue weighted by molar-refractivity contribution is 7.86. The number of hydrogen-bond acceptors (Lipinski definition) is 8. The van der Waals surface area contributed by atoms with E-state index in [1.165, 1.54) is 19.2 Å². The minimum absolute atomic E-state index is 0.142. The van der Waals surface area contributed by atoms with Crippen LogP contribution in [0.5, 0.6) is 5.75 Å². The Balaban J connectivity index is 2.06. The first-order chi connectivity index (χ1) is 13.8. The molecule has 0 radical (unpaired) electrons. The molecule has 158 valence electrons. The largest absolute Gasteiger partial charge is 0.497 e. The average molecular weight is 424 g/mol. The predicted octanol–water partition coefficient (Wildman–Crippen LogP) is -0.464. The molecule has 1 aliphatic rings. The third-order valence-corrected chi connectivity index (χ3v) is 6.73. The van der Waals surface area contributed by atoms with Crippen molar-refractivity contribution in [1.82, 2.24) is 0 Å². The molecule has 1 saturated heterocycles. The summed E-state index contributed by atoms with van der Waals surface area (Å²) >= 11 is 0. The molecule has 6 atom stereocenters. The van der Waals surface area contributed by atoms with Crippen molar-refractivity contribution in [3.05, 3.63) is 60.2 Å². The molecule has 1 aliphatic heterocycles. The van der Waals surface area contributed by atoms with Gasteiger partial charge in [0.15, 0.2) is 5.60 Å². The fourth-order valence-electron chi connectivity index (χ4n) is 3.37. The lowest BCUT2D eigenvalue weighted by Gasteiger charge is -2.52. The van der Waals surface area contributed by atoms with Crippen LogP contribution in [0.2, 0.25) is 0 Å². The normalized spacial score (nSPS) is 33.2. The summed E-state index contributed by atoms with van der Waals surface area (Å²) in [6.07, 6.45) is -5.49. The number of ether oxygens (including phenoxy) is 2. The second-order valence-electron chi connectivity index (χ2n) is 6.89. The van der Waals surface area contributed by atoms with Gasteiger partial charge in [0, 0.05) is 11.3 Å². The number of benzene rings is 2. The number of hydrogen-bond donors (Lipinski definition) is 5. The lowest BCUT2D eigenvalue weighted by Crippen LogP contribution is -2.75. The summed E-state index contributed by atoms with van der Waals surface area (Å²) in [5.41, 5.74) is -2.08. The SMILES string of the molecule is COc1ccc(C[C@]2(O)[C@H](O)[C@H](O)[C@H](CO)OC2(O)S(=O)c2ccccc2)cc1. The zero-order valence-corrected chi connectivity index (χ0v) is 16.5. The van der Waals surface area contributed by atoms with Crippen LogP contribution in [0, 0.1) is 0 Å². The number of methoxy groups -OCH3 is 1. The first-order valence-corrected chi connectivity index (χ1v) is 10.1. The molecule has 5 N–H and O–H groups in total. The monoisotopic (exact) mass is 424 g/mol. The molecule has 0 aliphatic carbocycles. The van der Waals surface area contributed by atoms with E-state index in [0.29, 0.717) is 11.3 Å². The van der Waals surface area contributed by atoms with Crippen LogP contribution in [0.1, 0.15) is 5.56 Å².